The fraction of sp³-hybridized carbons (Fsp3) is 0.143. The number of aromatic amines is 1. The van der Waals surface area contributed by atoms with Gasteiger partial charge in [0.2, 0.25) is 0 Å². The van der Waals surface area contributed by atoms with Gasteiger partial charge >= 0.3 is 0 Å². The summed E-state index contributed by atoms with van der Waals surface area (Å²) >= 11 is 0. The molecule has 0 unspecified atom stereocenters. The zero-order chi connectivity index (χ0) is 18.1. The van der Waals surface area contributed by atoms with Crippen LogP contribution in [0.25, 0.3) is 22.5 Å². The molecule has 25 heavy (non-hydrogen) atoms. The van der Waals surface area contributed by atoms with Crippen molar-refractivity contribution in [3.8, 4) is 22.5 Å². The van der Waals surface area contributed by atoms with E-state index in [0.29, 0.717) is 0 Å². The van der Waals surface area contributed by atoms with E-state index in [1.165, 1.54) is 5.56 Å². The largest absolute Gasteiger partial charge is 0.380 e. The number of fused-ring (bicyclic) bond motifs is 5. The maximum Gasteiger partial charge on any atom is 0.122 e. The summed E-state index contributed by atoms with van der Waals surface area (Å²) in [5.41, 5.74) is 6.35. The Hall–Kier alpha value is -3.14. The Balaban J connectivity index is 0.000000334. The van der Waals surface area contributed by atoms with Gasteiger partial charge in [-0.05, 0) is 25.5 Å². The van der Waals surface area contributed by atoms with Gasteiger partial charge in [0.1, 0.15) is 11.4 Å². The number of benzene rings is 2. The van der Waals surface area contributed by atoms with Gasteiger partial charge in [-0.2, -0.15) is 15.4 Å². The lowest BCUT2D eigenvalue weighted by atomic mass is 9.97. The Morgan fingerprint density at radius 2 is 1.36 bits per heavy atom. The molecule has 0 saturated carbocycles. The van der Waals surface area contributed by atoms with Crippen molar-refractivity contribution in [1.29, 1.82) is 0 Å². The van der Waals surface area contributed by atoms with Crippen LogP contribution in [0.5, 0.6) is 0 Å². The smallest absolute Gasteiger partial charge is 0.122 e. The number of aromatic nitrogens is 3. The topological polar surface area (TPSA) is 53.6 Å². The number of hydrogen-bond acceptors (Lipinski definition) is 3. The molecule has 128 valence electrons. The third-order valence-electron chi connectivity index (χ3n) is 3.47. The van der Waals surface area contributed by atoms with E-state index in [9.17, 15) is 0 Å². The lowest BCUT2D eigenvalue weighted by Gasteiger charge is -2.17. The molecule has 1 aliphatic rings. The standard InChI is InChI=1S/C15H12N4.2C3H6/c1-2-6-11-10(5-1)9-16-13-8-4-3-7-12(13)15-14(11)17-19-18-15;2*1-3-2/h1-8,16H,9H2,(H,17,18,19);2*3H,1H2,2H3. The minimum atomic E-state index is 0.791. The molecular weight excluding hydrogens is 308 g/mol. The summed E-state index contributed by atoms with van der Waals surface area (Å²) in [5, 5.41) is 14.9. The van der Waals surface area contributed by atoms with E-state index in [0.717, 1.165) is 34.7 Å². The Kier molecular flexibility index (Phi) is 6.72. The first kappa shape index (κ1) is 18.2. The lowest BCUT2D eigenvalue weighted by molar-refractivity contribution is 0.944. The van der Waals surface area contributed by atoms with Crippen LogP contribution >= 0.6 is 0 Å². The van der Waals surface area contributed by atoms with Gasteiger partial charge in [0, 0.05) is 23.4 Å². The minimum Gasteiger partial charge on any atom is -0.380 e. The summed E-state index contributed by atoms with van der Waals surface area (Å²) in [6.45, 7) is 11.3. The molecule has 0 fully saturated rings. The highest BCUT2D eigenvalue weighted by Crippen LogP contribution is 2.36. The van der Waals surface area contributed by atoms with Crippen LogP contribution < -0.4 is 5.32 Å². The first-order valence-corrected chi connectivity index (χ1v) is 8.23. The summed E-state index contributed by atoms with van der Waals surface area (Å²) < 4.78 is 0. The summed E-state index contributed by atoms with van der Waals surface area (Å²) in [4.78, 5) is 0. The van der Waals surface area contributed by atoms with Gasteiger partial charge in [-0.1, -0.05) is 54.6 Å². The Morgan fingerprint density at radius 1 is 0.840 bits per heavy atom. The van der Waals surface area contributed by atoms with E-state index >= 15 is 0 Å². The third-order valence-corrected chi connectivity index (χ3v) is 3.47. The number of anilines is 1. The molecule has 2 aromatic carbocycles. The fourth-order valence-electron chi connectivity index (χ4n) is 2.55. The van der Waals surface area contributed by atoms with Crippen molar-refractivity contribution in [3.05, 3.63) is 79.4 Å². The Labute approximate surface area is 149 Å². The molecule has 3 aromatic rings. The lowest BCUT2D eigenvalue weighted by Crippen LogP contribution is -2.05. The third kappa shape index (κ3) is 4.23. The first-order chi connectivity index (χ1) is 12.3. The molecule has 2 N–H and O–H groups in total. The quantitative estimate of drug-likeness (QED) is 0.538. The second-order valence-corrected chi connectivity index (χ2v) is 5.39. The van der Waals surface area contributed by atoms with Crippen molar-refractivity contribution in [2.24, 2.45) is 0 Å². The maximum absolute atomic E-state index is 4.33. The van der Waals surface area contributed by atoms with Crippen LogP contribution in [-0.2, 0) is 6.54 Å². The molecule has 0 atom stereocenters. The molecule has 0 amide bonds. The fourth-order valence-corrected chi connectivity index (χ4v) is 2.55. The van der Waals surface area contributed by atoms with E-state index in [1.54, 1.807) is 12.2 Å². The van der Waals surface area contributed by atoms with E-state index in [1.807, 2.05) is 38.1 Å². The molecule has 0 radical (unpaired) electrons. The molecule has 0 spiro atoms. The Bertz CT molecular complexity index is 765. The predicted molar refractivity (Wildman–Crippen MR) is 106 cm³/mol. The van der Waals surface area contributed by atoms with Gasteiger partial charge in [-0.15, -0.1) is 13.2 Å². The average molecular weight is 332 g/mol. The van der Waals surface area contributed by atoms with Crippen LogP contribution in [0.4, 0.5) is 5.69 Å². The SMILES string of the molecule is C=CC.C=CC.c1ccc2c(c1)CNc1ccccc1-c1n[nH]nc1-2. The second kappa shape index (κ2) is 9.23. The molecule has 4 rings (SSSR count). The van der Waals surface area contributed by atoms with Gasteiger partial charge in [-0.25, -0.2) is 0 Å². The average Bonchev–Trinajstić information content (AvgIpc) is 3.09. The molecule has 1 aliphatic heterocycles. The predicted octanol–water partition coefficient (Wildman–Crippen LogP) is 5.45. The number of nitrogens with one attached hydrogen (secondary N) is 2. The normalized spacial score (nSPS) is 10.5. The summed E-state index contributed by atoms with van der Waals surface area (Å²) in [5.74, 6) is 0. The summed E-state index contributed by atoms with van der Waals surface area (Å²) in [7, 11) is 0. The van der Waals surface area contributed by atoms with Crippen LogP contribution in [0.3, 0.4) is 0 Å². The highest BCUT2D eigenvalue weighted by atomic mass is 15.3. The highest BCUT2D eigenvalue weighted by molar-refractivity contribution is 5.87. The molecule has 4 nitrogen and oxygen atoms in total. The summed E-state index contributed by atoms with van der Waals surface area (Å²) in [6.07, 6.45) is 3.50. The van der Waals surface area contributed by atoms with Crippen molar-refractivity contribution in [1.82, 2.24) is 15.4 Å². The highest BCUT2D eigenvalue weighted by Gasteiger charge is 2.19. The van der Waals surface area contributed by atoms with Crippen LogP contribution in [0.1, 0.15) is 19.4 Å². The number of rotatable bonds is 0. The van der Waals surface area contributed by atoms with Crippen molar-refractivity contribution < 1.29 is 0 Å². The van der Waals surface area contributed by atoms with Gasteiger partial charge in [0.15, 0.2) is 0 Å². The van der Waals surface area contributed by atoms with E-state index in [4.69, 9.17) is 0 Å². The van der Waals surface area contributed by atoms with Gasteiger partial charge < -0.3 is 5.32 Å². The van der Waals surface area contributed by atoms with Crippen LogP contribution in [0, 0.1) is 0 Å². The maximum atomic E-state index is 4.33. The number of nitrogens with zero attached hydrogens (tertiary/aromatic N) is 2. The molecule has 0 saturated heterocycles. The number of H-pyrrole nitrogens is 1. The van der Waals surface area contributed by atoms with Crippen LogP contribution in [-0.4, -0.2) is 15.4 Å². The molecule has 4 heteroatoms. The molecule has 2 heterocycles. The minimum absolute atomic E-state index is 0.791. The van der Waals surface area contributed by atoms with E-state index in [2.05, 4.69) is 58.2 Å². The first-order valence-electron chi connectivity index (χ1n) is 8.23. The van der Waals surface area contributed by atoms with Crippen LogP contribution in [0.15, 0.2) is 73.8 Å². The zero-order valence-corrected chi connectivity index (χ0v) is 14.8. The number of allylic oxidation sites excluding steroid dienone is 2. The number of hydrogen-bond donors (Lipinski definition) is 2. The Morgan fingerprint density at radius 3 is 2.04 bits per heavy atom. The molecule has 0 bridgehead atoms. The monoisotopic (exact) mass is 332 g/mol. The van der Waals surface area contributed by atoms with E-state index < -0.39 is 0 Å². The summed E-state index contributed by atoms with van der Waals surface area (Å²) in [6, 6.07) is 16.5. The van der Waals surface area contributed by atoms with Crippen molar-refractivity contribution in [3.63, 3.8) is 0 Å². The van der Waals surface area contributed by atoms with Gasteiger partial charge in [-0.3, -0.25) is 0 Å². The molecular formula is C21H24N4. The van der Waals surface area contributed by atoms with Gasteiger partial charge in [0.25, 0.3) is 0 Å². The van der Waals surface area contributed by atoms with E-state index in [-0.39, 0.29) is 0 Å². The molecule has 0 aliphatic carbocycles. The van der Waals surface area contributed by atoms with Gasteiger partial charge in [0.05, 0.1) is 0 Å². The van der Waals surface area contributed by atoms with Crippen molar-refractivity contribution in [2.75, 3.05) is 5.32 Å². The van der Waals surface area contributed by atoms with Crippen molar-refractivity contribution >= 4 is 5.69 Å². The second-order valence-electron chi connectivity index (χ2n) is 5.39. The zero-order valence-electron chi connectivity index (χ0n) is 14.8. The van der Waals surface area contributed by atoms with Crippen molar-refractivity contribution in [2.45, 2.75) is 20.4 Å². The van der Waals surface area contributed by atoms with Crippen LogP contribution in [0.2, 0.25) is 0 Å². The molecule has 1 aromatic heterocycles. The number of para-hydroxylation sites is 1.